The van der Waals surface area contributed by atoms with Gasteiger partial charge in [0, 0.05) is 23.7 Å². The van der Waals surface area contributed by atoms with Crippen molar-refractivity contribution in [2.24, 2.45) is 0 Å². The summed E-state index contributed by atoms with van der Waals surface area (Å²) in [5.74, 6) is 0.493. The number of ether oxygens (including phenoxy) is 1. The first-order chi connectivity index (χ1) is 9.69. The maximum atomic E-state index is 11.1. The zero-order valence-corrected chi connectivity index (χ0v) is 11.1. The lowest BCUT2D eigenvalue weighted by atomic mass is 10.2. The van der Waals surface area contributed by atoms with Gasteiger partial charge in [-0.2, -0.15) is 0 Å². The van der Waals surface area contributed by atoms with Gasteiger partial charge in [0.15, 0.2) is 0 Å². The molecular formula is C16H15NO3. The van der Waals surface area contributed by atoms with Crippen LogP contribution < -0.4 is 10.1 Å². The van der Waals surface area contributed by atoms with Gasteiger partial charge in [-0.1, -0.05) is 30.3 Å². The molecule has 1 amide bonds. The number of benzene rings is 2. The fraction of sp³-hybridized carbons (Fsp3) is 0.125. The minimum absolute atomic E-state index is 0.125. The van der Waals surface area contributed by atoms with Crippen LogP contribution in [0.15, 0.2) is 48.5 Å². The summed E-state index contributed by atoms with van der Waals surface area (Å²) in [6.07, 6.45) is 0.776. The van der Waals surface area contributed by atoms with Gasteiger partial charge in [-0.3, -0.25) is 9.59 Å². The Morgan fingerprint density at radius 1 is 1.20 bits per heavy atom. The maximum Gasteiger partial charge on any atom is 0.221 e. The molecule has 0 aliphatic carbocycles. The highest BCUT2D eigenvalue weighted by atomic mass is 16.5. The maximum absolute atomic E-state index is 11.1. The Labute approximate surface area is 117 Å². The summed E-state index contributed by atoms with van der Waals surface area (Å²) in [5, 5.41) is 2.76. The first kappa shape index (κ1) is 13.8. The van der Waals surface area contributed by atoms with Crippen molar-refractivity contribution in [3.05, 3.63) is 59.7 Å². The predicted molar refractivity (Wildman–Crippen MR) is 76.9 cm³/mol. The van der Waals surface area contributed by atoms with Crippen LogP contribution >= 0.6 is 0 Å². The number of hydrogen-bond donors (Lipinski definition) is 1. The molecule has 2 aromatic carbocycles. The molecule has 0 aromatic heterocycles. The summed E-state index contributed by atoms with van der Waals surface area (Å²) in [6.45, 7) is 1.78. The first-order valence-electron chi connectivity index (χ1n) is 6.22. The molecule has 4 heteroatoms. The zero-order valence-electron chi connectivity index (χ0n) is 11.1. The van der Waals surface area contributed by atoms with Crippen LogP contribution in [0.4, 0.5) is 5.69 Å². The molecule has 2 rings (SSSR count). The lowest BCUT2D eigenvalue weighted by Crippen LogP contribution is -2.09. The Morgan fingerprint density at radius 3 is 2.75 bits per heavy atom. The number of anilines is 1. The Balaban J connectivity index is 2.10. The number of rotatable bonds is 5. The van der Waals surface area contributed by atoms with Crippen LogP contribution in [-0.2, 0) is 11.4 Å². The minimum Gasteiger partial charge on any atom is -0.489 e. The molecule has 0 unspecified atom stereocenters. The van der Waals surface area contributed by atoms with Crippen molar-refractivity contribution in [1.82, 2.24) is 0 Å². The molecule has 0 atom stereocenters. The predicted octanol–water partition coefficient (Wildman–Crippen LogP) is 3.04. The van der Waals surface area contributed by atoms with Gasteiger partial charge >= 0.3 is 0 Å². The fourth-order valence-electron chi connectivity index (χ4n) is 1.80. The van der Waals surface area contributed by atoms with Gasteiger partial charge in [0.05, 0.1) is 0 Å². The summed E-state index contributed by atoms with van der Waals surface area (Å²) in [6, 6.07) is 14.4. The molecule has 4 nitrogen and oxygen atoms in total. The van der Waals surface area contributed by atoms with Gasteiger partial charge < -0.3 is 10.1 Å². The molecule has 0 radical (unpaired) electrons. The average Bonchev–Trinajstić information content (AvgIpc) is 2.46. The van der Waals surface area contributed by atoms with Crippen LogP contribution in [0.5, 0.6) is 5.75 Å². The van der Waals surface area contributed by atoms with Gasteiger partial charge in [-0.25, -0.2) is 0 Å². The van der Waals surface area contributed by atoms with Crippen molar-refractivity contribution in [2.45, 2.75) is 13.5 Å². The van der Waals surface area contributed by atoms with E-state index in [1.54, 1.807) is 24.3 Å². The van der Waals surface area contributed by atoms with Crippen LogP contribution in [-0.4, -0.2) is 12.2 Å². The molecule has 0 spiro atoms. The molecule has 0 aliphatic rings. The molecule has 0 saturated carbocycles. The Bertz CT molecular complexity index is 623. The normalized spacial score (nSPS) is 9.85. The molecule has 102 valence electrons. The zero-order chi connectivity index (χ0) is 14.4. The average molecular weight is 269 g/mol. The standard InChI is InChI=1S/C16H15NO3/c1-12(19)17-16-8-3-2-6-14(16)11-20-15-7-4-5-13(9-15)10-18/h2-10H,11H2,1H3,(H,17,19). The largest absolute Gasteiger partial charge is 0.489 e. The molecule has 0 heterocycles. The monoisotopic (exact) mass is 269 g/mol. The third-order valence-corrected chi connectivity index (χ3v) is 2.72. The second-order valence-corrected chi connectivity index (χ2v) is 4.32. The van der Waals surface area contributed by atoms with Crippen LogP contribution in [0.2, 0.25) is 0 Å². The lowest BCUT2D eigenvalue weighted by Gasteiger charge is -2.11. The minimum atomic E-state index is -0.125. The van der Waals surface area contributed by atoms with E-state index in [-0.39, 0.29) is 5.91 Å². The third kappa shape index (κ3) is 3.68. The van der Waals surface area contributed by atoms with Crippen LogP contribution in [0.25, 0.3) is 0 Å². The Morgan fingerprint density at radius 2 is 2.00 bits per heavy atom. The lowest BCUT2D eigenvalue weighted by molar-refractivity contribution is -0.114. The van der Waals surface area contributed by atoms with Crippen molar-refractivity contribution < 1.29 is 14.3 Å². The highest BCUT2D eigenvalue weighted by Crippen LogP contribution is 2.19. The van der Waals surface area contributed by atoms with E-state index < -0.39 is 0 Å². The van der Waals surface area contributed by atoms with Crippen LogP contribution in [0.3, 0.4) is 0 Å². The van der Waals surface area contributed by atoms with E-state index in [2.05, 4.69) is 5.32 Å². The van der Waals surface area contributed by atoms with E-state index in [0.29, 0.717) is 17.9 Å². The van der Waals surface area contributed by atoms with Crippen LogP contribution in [0.1, 0.15) is 22.8 Å². The van der Waals surface area contributed by atoms with Gasteiger partial charge in [-0.05, 0) is 18.2 Å². The molecule has 0 aliphatic heterocycles. The number of amides is 1. The van der Waals surface area contributed by atoms with E-state index in [1.807, 2.05) is 24.3 Å². The van der Waals surface area contributed by atoms with Crippen molar-refractivity contribution in [1.29, 1.82) is 0 Å². The summed E-state index contributed by atoms with van der Waals surface area (Å²) < 4.78 is 5.65. The summed E-state index contributed by atoms with van der Waals surface area (Å²) in [5.41, 5.74) is 2.17. The summed E-state index contributed by atoms with van der Waals surface area (Å²) in [4.78, 5) is 21.8. The second kappa shape index (κ2) is 6.52. The van der Waals surface area contributed by atoms with E-state index in [9.17, 15) is 9.59 Å². The quantitative estimate of drug-likeness (QED) is 0.849. The number of para-hydroxylation sites is 1. The molecule has 1 N–H and O–H groups in total. The van der Waals surface area contributed by atoms with E-state index in [4.69, 9.17) is 4.74 Å². The van der Waals surface area contributed by atoms with Crippen molar-refractivity contribution in [2.75, 3.05) is 5.32 Å². The number of aldehydes is 1. The molecule has 0 fully saturated rings. The number of hydrogen-bond acceptors (Lipinski definition) is 3. The molecule has 2 aromatic rings. The van der Waals surface area contributed by atoms with Crippen molar-refractivity contribution in [3.63, 3.8) is 0 Å². The van der Waals surface area contributed by atoms with Gasteiger partial charge in [0.25, 0.3) is 0 Å². The van der Waals surface area contributed by atoms with Gasteiger partial charge in [0.1, 0.15) is 18.6 Å². The Hall–Kier alpha value is -2.62. The molecule has 0 bridgehead atoms. The fourth-order valence-corrected chi connectivity index (χ4v) is 1.80. The van der Waals surface area contributed by atoms with E-state index in [1.165, 1.54) is 6.92 Å². The Kier molecular flexibility index (Phi) is 4.50. The third-order valence-electron chi connectivity index (χ3n) is 2.72. The molecule has 0 saturated heterocycles. The number of carbonyl (C=O) groups is 2. The van der Waals surface area contributed by atoms with Crippen LogP contribution in [0, 0.1) is 0 Å². The van der Waals surface area contributed by atoms with E-state index >= 15 is 0 Å². The molecular weight excluding hydrogens is 254 g/mol. The van der Waals surface area contributed by atoms with Crippen molar-refractivity contribution >= 4 is 17.9 Å². The summed E-state index contributed by atoms with van der Waals surface area (Å²) >= 11 is 0. The van der Waals surface area contributed by atoms with E-state index in [0.717, 1.165) is 17.5 Å². The molecule has 20 heavy (non-hydrogen) atoms. The SMILES string of the molecule is CC(=O)Nc1ccccc1COc1cccc(C=O)c1. The highest BCUT2D eigenvalue weighted by molar-refractivity contribution is 5.89. The topological polar surface area (TPSA) is 55.4 Å². The summed E-state index contributed by atoms with van der Waals surface area (Å²) in [7, 11) is 0. The number of carbonyl (C=O) groups excluding carboxylic acids is 2. The first-order valence-corrected chi connectivity index (χ1v) is 6.22. The highest BCUT2D eigenvalue weighted by Gasteiger charge is 2.04. The number of nitrogens with one attached hydrogen (secondary N) is 1. The smallest absolute Gasteiger partial charge is 0.221 e. The van der Waals surface area contributed by atoms with Gasteiger partial charge in [0.2, 0.25) is 5.91 Å². The van der Waals surface area contributed by atoms with Crippen molar-refractivity contribution in [3.8, 4) is 5.75 Å². The van der Waals surface area contributed by atoms with Gasteiger partial charge in [-0.15, -0.1) is 0 Å². The second-order valence-electron chi connectivity index (χ2n) is 4.32.